The first-order valence-corrected chi connectivity index (χ1v) is 7.24. The lowest BCUT2D eigenvalue weighted by Crippen LogP contribution is -2.51. The van der Waals surface area contributed by atoms with E-state index in [1.54, 1.807) is 0 Å². The summed E-state index contributed by atoms with van der Waals surface area (Å²) in [4.78, 5) is 14.9. The third kappa shape index (κ3) is 2.84. The van der Waals surface area contributed by atoms with Crippen molar-refractivity contribution in [2.45, 2.75) is 26.7 Å². The van der Waals surface area contributed by atoms with Gasteiger partial charge < -0.3 is 10.2 Å². The lowest BCUT2D eigenvalue weighted by molar-refractivity contribution is -0.125. The van der Waals surface area contributed by atoms with Gasteiger partial charge in [0.1, 0.15) is 0 Å². The average Bonchev–Trinajstić information content (AvgIpc) is 2.44. The minimum atomic E-state index is 0. The Labute approximate surface area is 127 Å². The van der Waals surface area contributed by atoms with Gasteiger partial charge >= 0.3 is 0 Å². The Kier molecular flexibility index (Phi) is 4.71. The van der Waals surface area contributed by atoms with Crippen LogP contribution in [0.25, 0.3) is 0 Å². The monoisotopic (exact) mass is 294 g/mol. The summed E-state index contributed by atoms with van der Waals surface area (Å²) in [6.45, 7) is 7.41. The first-order chi connectivity index (χ1) is 9.15. The zero-order valence-corrected chi connectivity index (χ0v) is 13.0. The van der Waals surface area contributed by atoms with Gasteiger partial charge in [-0.25, -0.2) is 0 Å². The number of carbonyl (C=O) groups excluding carboxylic acids is 1. The van der Waals surface area contributed by atoms with E-state index >= 15 is 0 Å². The number of fused-ring (bicyclic) bond motifs is 3. The van der Waals surface area contributed by atoms with Crippen molar-refractivity contribution in [2.75, 3.05) is 25.0 Å². The van der Waals surface area contributed by atoms with Crippen molar-refractivity contribution in [3.05, 3.63) is 29.3 Å². The third-order valence-corrected chi connectivity index (χ3v) is 4.72. The number of hydrogen-bond acceptors (Lipinski definition) is 2. The number of benzene rings is 1. The maximum atomic E-state index is 12.5. The van der Waals surface area contributed by atoms with Crippen LogP contribution in [0.15, 0.2) is 18.2 Å². The molecule has 3 aliphatic rings. The topological polar surface area (TPSA) is 32.3 Å². The van der Waals surface area contributed by atoms with Crippen LogP contribution in [0.5, 0.6) is 0 Å². The molecule has 3 nitrogen and oxygen atoms in total. The Hall–Kier alpha value is -1.06. The largest absolute Gasteiger partial charge is 0.325 e. The normalized spacial score (nSPS) is 27.8. The molecule has 3 saturated heterocycles. The lowest BCUT2D eigenvalue weighted by Gasteiger charge is -2.44. The summed E-state index contributed by atoms with van der Waals surface area (Å²) in [5, 5.41) is 3.17. The van der Waals surface area contributed by atoms with Gasteiger partial charge in [0.05, 0.1) is 5.92 Å². The van der Waals surface area contributed by atoms with Gasteiger partial charge in [0.15, 0.2) is 0 Å². The number of anilines is 1. The number of piperidine rings is 3. The molecule has 4 rings (SSSR count). The predicted molar refractivity (Wildman–Crippen MR) is 84.4 cm³/mol. The Morgan fingerprint density at radius 3 is 2.30 bits per heavy atom. The van der Waals surface area contributed by atoms with Gasteiger partial charge in [0, 0.05) is 12.2 Å². The zero-order chi connectivity index (χ0) is 13.4. The summed E-state index contributed by atoms with van der Waals surface area (Å²) < 4.78 is 0. The first kappa shape index (κ1) is 15.3. The summed E-state index contributed by atoms with van der Waals surface area (Å²) in [7, 11) is 0. The molecule has 0 aliphatic carbocycles. The Morgan fingerprint density at radius 2 is 1.80 bits per heavy atom. The van der Waals surface area contributed by atoms with E-state index in [-0.39, 0.29) is 24.2 Å². The Balaban J connectivity index is 0.00000147. The zero-order valence-electron chi connectivity index (χ0n) is 12.2. The second-order valence-corrected chi connectivity index (χ2v) is 6.00. The van der Waals surface area contributed by atoms with Crippen molar-refractivity contribution >= 4 is 24.0 Å². The molecule has 1 unspecified atom stereocenters. The molecule has 1 aromatic rings. The molecule has 1 amide bonds. The minimum absolute atomic E-state index is 0. The van der Waals surface area contributed by atoms with Gasteiger partial charge in [0.2, 0.25) is 5.91 Å². The van der Waals surface area contributed by atoms with Crippen LogP contribution in [0.2, 0.25) is 0 Å². The molecular weight excluding hydrogens is 272 g/mol. The van der Waals surface area contributed by atoms with E-state index in [1.165, 1.54) is 25.9 Å². The van der Waals surface area contributed by atoms with E-state index in [4.69, 9.17) is 0 Å². The third-order valence-electron chi connectivity index (χ3n) is 4.72. The minimum Gasteiger partial charge on any atom is -0.325 e. The molecule has 3 heterocycles. The molecule has 4 heteroatoms. The summed E-state index contributed by atoms with van der Waals surface area (Å²) in [6.07, 6.45) is 2.37. The van der Waals surface area contributed by atoms with Crippen molar-refractivity contribution in [2.24, 2.45) is 11.8 Å². The summed E-state index contributed by atoms with van der Waals surface area (Å²) >= 11 is 0. The SMILES string of the molecule is Cc1cccc(C)c1NC(=O)C1CN2CCC1CC2.Cl. The molecule has 1 aromatic carbocycles. The van der Waals surface area contributed by atoms with Crippen LogP contribution >= 0.6 is 12.4 Å². The number of rotatable bonds is 2. The molecular formula is C16H23ClN2O. The maximum Gasteiger partial charge on any atom is 0.229 e. The van der Waals surface area contributed by atoms with Gasteiger partial charge in [-0.05, 0) is 56.8 Å². The Morgan fingerprint density at radius 1 is 1.20 bits per heavy atom. The number of halogens is 1. The average molecular weight is 295 g/mol. The summed E-state index contributed by atoms with van der Waals surface area (Å²) in [5.74, 6) is 0.989. The molecule has 0 aromatic heterocycles. The first-order valence-electron chi connectivity index (χ1n) is 7.24. The molecule has 1 atom stereocenters. The van der Waals surface area contributed by atoms with Crippen LogP contribution in [0, 0.1) is 25.7 Å². The van der Waals surface area contributed by atoms with E-state index in [1.807, 2.05) is 6.07 Å². The van der Waals surface area contributed by atoms with E-state index in [2.05, 4.69) is 36.2 Å². The van der Waals surface area contributed by atoms with Crippen molar-refractivity contribution in [3.8, 4) is 0 Å². The quantitative estimate of drug-likeness (QED) is 0.909. The van der Waals surface area contributed by atoms with Crippen LogP contribution in [0.4, 0.5) is 5.69 Å². The van der Waals surface area contributed by atoms with E-state index in [0.29, 0.717) is 5.92 Å². The van der Waals surface area contributed by atoms with Crippen molar-refractivity contribution in [1.29, 1.82) is 0 Å². The molecule has 2 bridgehead atoms. The van der Waals surface area contributed by atoms with Gasteiger partial charge in [-0.1, -0.05) is 18.2 Å². The number of aryl methyl sites for hydroxylation is 2. The predicted octanol–water partition coefficient (Wildman–Crippen LogP) is 3.01. The lowest BCUT2D eigenvalue weighted by atomic mass is 9.78. The van der Waals surface area contributed by atoms with Crippen LogP contribution in [-0.2, 0) is 4.79 Å². The number of nitrogens with one attached hydrogen (secondary N) is 1. The molecule has 3 fully saturated rings. The van der Waals surface area contributed by atoms with Crippen molar-refractivity contribution in [1.82, 2.24) is 4.90 Å². The van der Waals surface area contributed by atoms with Gasteiger partial charge in [0.25, 0.3) is 0 Å². The molecule has 110 valence electrons. The van der Waals surface area contributed by atoms with Crippen molar-refractivity contribution < 1.29 is 4.79 Å². The molecule has 3 aliphatic heterocycles. The fourth-order valence-corrected chi connectivity index (χ4v) is 3.49. The second kappa shape index (κ2) is 6.15. The van der Waals surface area contributed by atoms with Crippen molar-refractivity contribution in [3.63, 3.8) is 0 Å². The fourth-order valence-electron chi connectivity index (χ4n) is 3.49. The molecule has 0 spiro atoms. The van der Waals surface area contributed by atoms with Crippen LogP contribution in [-0.4, -0.2) is 30.4 Å². The molecule has 1 N–H and O–H groups in total. The number of hydrogen-bond donors (Lipinski definition) is 1. The highest BCUT2D eigenvalue weighted by atomic mass is 35.5. The smallest absolute Gasteiger partial charge is 0.229 e. The van der Waals surface area contributed by atoms with Crippen LogP contribution in [0.3, 0.4) is 0 Å². The van der Waals surface area contributed by atoms with Crippen LogP contribution < -0.4 is 5.32 Å². The fraction of sp³-hybridized carbons (Fsp3) is 0.562. The molecule has 20 heavy (non-hydrogen) atoms. The summed E-state index contributed by atoms with van der Waals surface area (Å²) in [6, 6.07) is 6.15. The standard InChI is InChI=1S/C16H22N2O.ClH/c1-11-4-3-5-12(2)15(11)17-16(19)14-10-18-8-6-13(14)7-9-18;/h3-5,13-14H,6-10H2,1-2H3,(H,17,19);1H. The number of carbonyl (C=O) groups is 1. The number of nitrogens with zero attached hydrogens (tertiary/aromatic N) is 1. The molecule has 0 radical (unpaired) electrons. The molecule has 0 saturated carbocycles. The Bertz CT molecular complexity index is 475. The highest BCUT2D eigenvalue weighted by molar-refractivity contribution is 5.94. The van der Waals surface area contributed by atoms with E-state index in [0.717, 1.165) is 23.4 Å². The van der Waals surface area contributed by atoms with Crippen LogP contribution in [0.1, 0.15) is 24.0 Å². The van der Waals surface area contributed by atoms with Gasteiger partial charge in [-0.15, -0.1) is 12.4 Å². The van der Waals surface area contributed by atoms with Gasteiger partial charge in [-0.3, -0.25) is 4.79 Å². The highest BCUT2D eigenvalue weighted by Crippen LogP contribution is 2.33. The number of para-hydroxylation sites is 1. The number of amides is 1. The summed E-state index contributed by atoms with van der Waals surface area (Å²) in [5.41, 5.74) is 3.30. The van der Waals surface area contributed by atoms with E-state index < -0.39 is 0 Å². The maximum absolute atomic E-state index is 12.5. The highest BCUT2D eigenvalue weighted by Gasteiger charge is 2.38. The second-order valence-electron chi connectivity index (χ2n) is 6.00. The van der Waals surface area contributed by atoms with Gasteiger partial charge in [-0.2, -0.15) is 0 Å². The van der Waals surface area contributed by atoms with E-state index in [9.17, 15) is 4.79 Å².